The van der Waals surface area contributed by atoms with Gasteiger partial charge < -0.3 is 5.32 Å². The van der Waals surface area contributed by atoms with Gasteiger partial charge in [0.15, 0.2) is 0 Å². The van der Waals surface area contributed by atoms with Gasteiger partial charge in [-0.15, -0.1) is 4.91 Å². The highest BCUT2D eigenvalue weighted by atomic mass is 16.3. The molecule has 0 radical (unpaired) electrons. The Morgan fingerprint density at radius 3 is 2.30 bits per heavy atom. The number of rotatable bonds is 9. The Balaban J connectivity index is 1.90. The van der Waals surface area contributed by atoms with Gasteiger partial charge in [-0.2, -0.15) is 0 Å². The molecule has 0 atom stereocenters. The van der Waals surface area contributed by atoms with Crippen molar-refractivity contribution >= 4 is 11.8 Å². The van der Waals surface area contributed by atoms with Gasteiger partial charge in [0.1, 0.15) is 0 Å². The van der Waals surface area contributed by atoms with Crippen molar-refractivity contribution in [2.24, 2.45) is 11.1 Å². The number of unbranched alkanes of at least 4 members (excludes halogenated alkanes) is 4. The van der Waals surface area contributed by atoms with Crippen LogP contribution in [0.1, 0.15) is 70.6 Å². The highest BCUT2D eigenvalue weighted by Crippen LogP contribution is 2.23. The van der Waals surface area contributed by atoms with Gasteiger partial charge in [0.05, 0.1) is 0 Å². The lowest BCUT2D eigenvalue weighted by molar-refractivity contribution is -0.126. The Morgan fingerprint density at radius 2 is 1.60 bits per heavy atom. The van der Waals surface area contributed by atoms with Gasteiger partial charge in [-0.3, -0.25) is 9.59 Å². The number of nitroso groups, excluding NO2 is 1. The summed E-state index contributed by atoms with van der Waals surface area (Å²) in [5, 5.41) is 5.38. The van der Waals surface area contributed by atoms with Crippen LogP contribution < -0.4 is 5.32 Å². The second kappa shape index (κ2) is 10.5. The molecule has 0 bridgehead atoms. The molecular formula is C15H26N2O3. The van der Waals surface area contributed by atoms with E-state index in [4.69, 9.17) is 0 Å². The second-order valence-corrected chi connectivity index (χ2v) is 5.63. The first-order valence-electron chi connectivity index (χ1n) is 7.88. The summed E-state index contributed by atoms with van der Waals surface area (Å²) in [6.45, 7) is 0.754. The number of hydrogen-bond donors (Lipinski definition) is 1. The van der Waals surface area contributed by atoms with E-state index in [0.29, 0.717) is 0 Å². The maximum absolute atomic E-state index is 11.9. The van der Waals surface area contributed by atoms with E-state index in [9.17, 15) is 14.5 Å². The van der Waals surface area contributed by atoms with Crippen molar-refractivity contribution in [3.8, 4) is 0 Å². The van der Waals surface area contributed by atoms with Gasteiger partial charge in [-0.25, -0.2) is 0 Å². The third kappa shape index (κ3) is 7.36. The lowest BCUT2D eigenvalue weighted by Crippen LogP contribution is -2.32. The standard InChI is InChI=1S/C15H26N2O3/c18-14(17-20)11-7-2-1-3-8-12-16-15(19)13-9-5-4-6-10-13/h13H,1-12H2,(H,16,19). The fourth-order valence-electron chi connectivity index (χ4n) is 2.70. The maximum atomic E-state index is 11.9. The summed E-state index contributed by atoms with van der Waals surface area (Å²) in [6.07, 6.45) is 10.7. The molecule has 0 aromatic rings. The maximum Gasteiger partial charge on any atom is 0.286 e. The Hall–Kier alpha value is -1.26. The normalized spacial score (nSPS) is 15.8. The van der Waals surface area contributed by atoms with E-state index in [2.05, 4.69) is 10.5 Å². The lowest BCUT2D eigenvalue weighted by atomic mass is 9.88. The van der Waals surface area contributed by atoms with Crippen molar-refractivity contribution in [3.63, 3.8) is 0 Å². The molecule has 0 aliphatic heterocycles. The van der Waals surface area contributed by atoms with E-state index >= 15 is 0 Å². The highest BCUT2D eigenvalue weighted by molar-refractivity contribution is 5.78. The van der Waals surface area contributed by atoms with Crippen LogP contribution in [-0.2, 0) is 9.59 Å². The van der Waals surface area contributed by atoms with Crippen molar-refractivity contribution in [1.29, 1.82) is 0 Å². The summed E-state index contributed by atoms with van der Waals surface area (Å²) in [5.41, 5.74) is 0. The molecule has 0 spiro atoms. The topological polar surface area (TPSA) is 75.6 Å². The van der Waals surface area contributed by atoms with Crippen molar-refractivity contribution in [3.05, 3.63) is 4.91 Å². The predicted molar refractivity (Wildman–Crippen MR) is 78.1 cm³/mol. The molecule has 0 heterocycles. The first kappa shape index (κ1) is 16.8. The Labute approximate surface area is 120 Å². The zero-order valence-corrected chi connectivity index (χ0v) is 12.2. The van der Waals surface area contributed by atoms with Crippen LogP contribution in [0.4, 0.5) is 0 Å². The average molecular weight is 282 g/mol. The largest absolute Gasteiger partial charge is 0.356 e. The molecule has 0 saturated heterocycles. The van der Waals surface area contributed by atoms with Crippen molar-refractivity contribution in [2.45, 2.75) is 70.6 Å². The molecule has 0 aromatic heterocycles. The second-order valence-electron chi connectivity index (χ2n) is 5.63. The van der Waals surface area contributed by atoms with Gasteiger partial charge in [0.25, 0.3) is 5.91 Å². The first-order chi connectivity index (χ1) is 9.74. The minimum Gasteiger partial charge on any atom is -0.356 e. The van der Waals surface area contributed by atoms with Gasteiger partial charge >= 0.3 is 0 Å². The molecule has 1 saturated carbocycles. The average Bonchev–Trinajstić information content (AvgIpc) is 2.50. The number of hydrogen-bond acceptors (Lipinski definition) is 3. The summed E-state index contributed by atoms with van der Waals surface area (Å²) in [5.74, 6) is -0.0808. The van der Waals surface area contributed by atoms with Gasteiger partial charge in [-0.05, 0) is 25.7 Å². The van der Waals surface area contributed by atoms with Gasteiger partial charge in [0.2, 0.25) is 5.91 Å². The van der Waals surface area contributed by atoms with Gasteiger partial charge in [-0.1, -0.05) is 38.5 Å². The molecule has 1 N–H and O–H groups in total. The van der Waals surface area contributed by atoms with E-state index in [1.807, 2.05) is 0 Å². The molecule has 114 valence electrons. The lowest BCUT2D eigenvalue weighted by Gasteiger charge is -2.20. The van der Waals surface area contributed by atoms with E-state index < -0.39 is 5.91 Å². The van der Waals surface area contributed by atoms with Crippen LogP contribution in [0.2, 0.25) is 0 Å². The van der Waals surface area contributed by atoms with Crippen LogP contribution in [0.5, 0.6) is 0 Å². The highest BCUT2D eigenvalue weighted by Gasteiger charge is 2.20. The number of carbonyl (C=O) groups is 2. The van der Waals surface area contributed by atoms with E-state index in [1.54, 1.807) is 0 Å². The fourth-order valence-corrected chi connectivity index (χ4v) is 2.70. The molecule has 1 aliphatic rings. The molecule has 0 aromatic carbocycles. The summed E-state index contributed by atoms with van der Waals surface area (Å²) in [6, 6.07) is 0. The Morgan fingerprint density at radius 1 is 0.950 bits per heavy atom. The molecule has 1 rings (SSSR count). The fraction of sp³-hybridized carbons (Fsp3) is 0.867. The van der Waals surface area contributed by atoms with Crippen molar-refractivity contribution in [1.82, 2.24) is 5.32 Å². The van der Waals surface area contributed by atoms with Crippen LogP contribution in [0, 0.1) is 10.8 Å². The van der Waals surface area contributed by atoms with Crippen LogP contribution in [0.3, 0.4) is 0 Å². The molecule has 20 heavy (non-hydrogen) atoms. The summed E-state index contributed by atoms with van der Waals surface area (Å²) in [7, 11) is 0. The van der Waals surface area contributed by atoms with Crippen LogP contribution in [-0.4, -0.2) is 18.4 Å². The molecule has 5 nitrogen and oxygen atoms in total. The van der Waals surface area contributed by atoms with Crippen LogP contribution in [0.15, 0.2) is 5.18 Å². The van der Waals surface area contributed by atoms with E-state index in [1.165, 1.54) is 19.3 Å². The third-order valence-corrected chi connectivity index (χ3v) is 3.94. The third-order valence-electron chi connectivity index (χ3n) is 3.94. The molecule has 2 amide bonds. The smallest absolute Gasteiger partial charge is 0.286 e. The molecule has 5 heteroatoms. The number of carbonyl (C=O) groups excluding carboxylic acids is 2. The molecule has 1 aliphatic carbocycles. The minimum atomic E-state index is -0.551. The first-order valence-corrected chi connectivity index (χ1v) is 7.88. The van der Waals surface area contributed by atoms with Crippen molar-refractivity contribution in [2.75, 3.05) is 6.54 Å². The number of amides is 2. The molecular weight excluding hydrogens is 256 g/mol. The van der Waals surface area contributed by atoms with E-state index in [0.717, 1.165) is 51.5 Å². The number of nitrogens with zero attached hydrogens (tertiary/aromatic N) is 1. The predicted octanol–water partition coefficient (Wildman–Crippen LogP) is 3.32. The van der Waals surface area contributed by atoms with Gasteiger partial charge in [0, 0.05) is 24.1 Å². The summed E-state index contributed by atoms with van der Waals surface area (Å²) in [4.78, 5) is 32.4. The summed E-state index contributed by atoms with van der Waals surface area (Å²) < 4.78 is 0. The quantitative estimate of drug-likeness (QED) is 0.520. The zero-order valence-electron chi connectivity index (χ0n) is 12.2. The van der Waals surface area contributed by atoms with Crippen LogP contribution in [0.25, 0.3) is 0 Å². The molecule has 1 fully saturated rings. The molecule has 0 unspecified atom stereocenters. The number of nitrogens with one attached hydrogen (secondary N) is 1. The zero-order chi connectivity index (χ0) is 14.6. The van der Waals surface area contributed by atoms with Crippen molar-refractivity contribution < 1.29 is 9.59 Å². The van der Waals surface area contributed by atoms with Crippen LogP contribution >= 0.6 is 0 Å². The Kier molecular flexibility index (Phi) is 8.83. The SMILES string of the molecule is O=NC(=O)CCCCCCCNC(=O)C1CCCCC1. The van der Waals surface area contributed by atoms with E-state index in [-0.39, 0.29) is 18.2 Å². The Bertz CT molecular complexity index is 312. The monoisotopic (exact) mass is 282 g/mol. The summed E-state index contributed by atoms with van der Waals surface area (Å²) >= 11 is 0. The minimum absolute atomic E-state index is 0.229.